The van der Waals surface area contributed by atoms with Crippen molar-refractivity contribution >= 4 is 16.1 Å². The summed E-state index contributed by atoms with van der Waals surface area (Å²) in [6.07, 6.45) is 5.56. The van der Waals surface area contributed by atoms with E-state index >= 15 is 0 Å². The summed E-state index contributed by atoms with van der Waals surface area (Å²) in [6.45, 7) is 2.15. The van der Waals surface area contributed by atoms with Crippen LogP contribution < -0.4 is 10.0 Å². The predicted octanol–water partition coefficient (Wildman–Crippen LogP) is 0.121. The highest BCUT2D eigenvalue weighted by atomic mass is 32.2. The van der Waals surface area contributed by atoms with Gasteiger partial charge in [-0.2, -0.15) is 0 Å². The molecule has 0 bridgehead atoms. The first kappa shape index (κ1) is 14.2. The second-order valence-electron chi connectivity index (χ2n) is 4.30. The number of urea groups is 1. The molecule has 0 spiro atoms. The normalized spacial score (nSPS) is 17.6. The van der Waals surface area contributed by atoms with Crippen LogP contribution in [0.25, 0.3) is 0 Å². The molecule has 6 nitrogen and oxygen atoms in total. The van der Waals surface area contributed by atoms with Gasteiger partial charge in [0.1, 0.15) is 0 Å². The van der Waals surface area contributed by atoms with Crippen LogP contribution in [-0.2, 0) is 10.0 Å². The monoisotopic (exact) mass is 263 g/mol. The van der Waals surface area contributed by atoms with Crippen molar-refractivity contribution in [2.75, 3.05) is 32.4 Å². The van der Waals surface area contributed by atoms with Crippen LogP contribution in [0, 0.1) is 0 Å². The summed E-state index contributed by atoms with van der Waals surface area (Å²) in [6, 6.07) is -0.0952. The van der Waals surface area contributed by atoms with Gasteiger partial charge in [0, 0.05) is 26.2 Å². The molecule has 2 N–H and O–H groups in total. The first-order valence-electron chi connectivity index (χ1n) is 5.96. The first-order valence-corrected chi connectivity index (χ1v) is 7.85. The Balaban J connectivity index is 2.19. The third-order valence-electron chi connectivity index (χ3n) is 2.66. The van der Waals surface area contributed by atoms with Crippen LogP contribution in [-0.4, -0.2) is 51.8 Å². The van der Waals surface area contributed by atoms with Crippen LogP contribution in [0.3, 0.4) is 0 Å². The second kappa shape index (κ2) is 6.80. The Hall–Kier alpha value is -0.820. The molecular weight excluding hydrogens is 242 g/mol. The number of nitrogens with zero attached hydrogens (tertiary/aromatic N) is 1. The third-order valence-corrected chi connectivity index (χ3v) is 3.39. The van der Waals surface area contributed by atoms with Crippen molar-refractivity contribution in [3.8, 4) is 0 Å². The molecule has 7 heteroatoms. The van der Waals surface area contributed by atoms with Gasteiger partial charge in [0.15, 0.2) is 0 Å². The minimum Gasteiger partial charge on any atom is -0.337 e. The van der Waals surface area contributed by atoms with E-state index in [9.17, 15) is 13.2 Å². The number of hydrogen-bond acceptors (Lipinski definition) is 3. The number of carbonyl (C=O) groups excluding carboxylic acids is 1. The van der Waals surface area contributed by atoms with Gasteiger partial charge in [0.25, 0.3) is 0 Å². The molecular formula is C10H21N3O3S. The Kier molecular flexibility index (Phi) is 5.70. The lowest BCUT2D eigenvalue weighted by atomic mass is 10.2. The van der Waals surface area contributed by atoms with Gasteiger partial charge in [-0.1, -0.05) is 12.8 Å². The molecule has 1 saturated heterocycles. The lowest BCUT2D eigenvalue weighted by molar-refractivity contribution is 0.200. The Morgan fingerprint density at radius 1 is 1.12 bits per heavy atom. The fourth-order valence-electron chi connectivity index (χ4n) is 1.79. The van der Waals surface area contributed by atoms with Crippen molar-refractivity contribution < 1.29 is 13.2 Å². The zero-order chi connectivity index (χ0) is 12.7. The summed E-state index contributed by atoms with van der Waals surface area (Å²) in [5, 5.41) is 2.71. The van der Waals surface area contributed by atoms with E-state index in [0.29, 0.717) is 6.54 Å². The maximum absolute atomic E-state index is 11.7. The topological polar surface area (TPSA) is 78.5 Å². The Morgan fingerprint density at radius 2 is 1.71 bits per heavy atom. The van der Waals surface area contributed by atoms with Gasteiger partial charge in [-0.05, 0) is 12.8 Å². The van der Waals surface area contributed by atoms with E-state index < -0.39 is 10.0 Å². The molecule has 0 aromatic carbocycles. The molecule has 0 atom stereocenters. The zero-order valence-corrected chi connectivity index (χ0v) is 11.1. The zero-order valence-electron chi connectivity index (χ0n) is 10.2. The van der Waals surface area contributed by atoms with E-state index in [4.69, 9.17) is 0 Å². The smallest absolute Gasteiger partial charge is 0.317 e. The molecule has 1 aliphatic heterocycles. The quantitative estimate of drug-likeness (QED) is 0.707. The number of nitrogens with one attached hydrogen (secondary N) is 2. The minimum absolute atomic E-state index is 0.0952. The summed E-state index contributed by atoms with van der Waals surface area (Å²) >= 11 is 0. The van der Waals surface area contributed by atoms with E-state index in [2.05, 4.69) is 10.0 Å². The number of amides is 2. The maximum atomic E-state index is 11.7. The average molecular weight is 263 g/mol. The standard InChI is InChI=1S/C10H21N3O3S/c1-17(15,16)12-7-6-11-10(14)13-8-4-2-3-5-9-13/h12H,2-9H2,1H3,(H,11,14). The molecule has 0 aromatic heterocycles. The third kappa shape index (κ3) is 6.48. The Labute approximate surface area is 103 Å². The Bertz CT molecular complexity index is 335. The van der Waals surface area contributed by atoms with E-state index in [1.54, 1.807) is 4.90 Å². The van der Waals surface area contributed by atoms with Gasteiger partial charge in [-0.15, -0.1) is 0 Å². The van der Waals surface area contributed by atoms with Crippen LogP contribution in [0.4, 0.5) is 4.79 Å². The number of rotatable bonds is 4. The number of likely N-dealkylation sites (tertiary alicyclic amines) is 1. The molecule has 100 valence electrons. The van der Waals surface area contributed by atoms with Gasteiger partial charge in [-0.25, -0.2) is 17.9 Å². The van der Waals surface area contributed by atoms with E-state index in [1.165, 1.54) is 12.8 Å². The van der Waals surface area contributed by atoms with Gasteiger partial charge in [0.2, 0.25) is 10.0 Å². The van der Waals surface area contributed by atoms with Crippen LogP contribution in [0.1, 0.15) is 25.7 Å². The van der Waals surface area contributed by atoms with Crippen LogP contribution in [0.15, 0.2) is 0 Å². The van der Waals surface area contributed by atoms with E-state index in [-0.39, 0.29) is 12.6 Å². The highest BCUT2D eigenvalue weighted by Crippen LogP contribution is 2.09. The van der Waals surface area contributed by atoms with Gasteiger partial charge in [-0.3, -0.25) is 0 Å². The fraction of sp³-hybridized carbons (Fsp3) is 0.900. The van der Waals surface area contributed by atoms with Crippen molar-refractivity contribution in [2.45, 2.75) is 25.7 Å². The molecule has 1 heterocycles. The molecule has 17 heavy (non-hydrogen) atoms. The largest absolute Gasteiger partial charge is 0.337 e. The lowest BCUT2D eigenvalue weighted by Gasteiger charge is -2.20. The molecule has 1 fully saturated rings. The first-order chi connectivity index (χ1) is 7.99. The highest BCUT2D eigenvalue weighted by molar-refractivity contribution is 7.88. The summed E-state index contributed by atoms with van der Waals surface area (Å²) in [4.78, 5) is 13.5. The summed E-state index contributed by atoms with van der Waals surface area (Å²) < 4.78 is 23.9. The molecule has 2 amide bonds. The second-order valence-corrected chi connectivity index (χ2v) is 6.13. The van der Waals surface area contributed by atoms with Crippen molar-refractivity contribution in [1.82, 2.24) is 14.9 Å². The minimum atomic E-state index is -3.17. The molecule has 0 radical (unpaired) electrons. The number of carbonyl (C=O) groups is 1. The number of sulfonamides is 1. The van der Waals surface area contributed by atoms with Crippen LogP contribution in [0.5, 0.6) is 0 Å². The van der Waals surface area contributed by atoms with Crippen LogP contribution >= 0.6 is 0 Å². The van der Waals surface area contributed by atoms with E-state index in [0.717, 1.165) is 32.2 Å². The molecule has 1 aliphatic rings. The molecule has 1 rings (SSSR count). The lowest BCUT2D eigenvalue weighted by Crippen LogP contribution is -2.43. The van der Waals surface area contributed by atoms with Crippen molar-refractivity contribution in [2.24, 2.45) is 0 Å². The van der Waals surface area contributed by atoms with E-state index in [1.807, 2.05) is 0 Å². The van der Waals surface area contributed by atoms with Crippen molar-refractivity contribution in [3.05, 3.63) is 0 Å². The van der Waals surface area contributed by atoms with Crippen molar-refractivity contribution in [3.63, 3.8) is 0 Å². The average Bonchev–Trinajstić information content (AvgIpc) is 2.51. The summed E-state index contributed by atoms with van der Waals surface area (Å²) in [5.41, 5.74) is 0. The molecule has 0 saturated carbocycles. The number of hydrogen-bond donors (Lipinski definition) is 2. The maximum Gasteiger partial charge on any atom is 0.317 e. The molecule has 0 aliphatic carbocycles. The van der Waals surface area contributed by atoms with Gasteiger partial charge < -0.3 is 10.2 Å². The van der Waals surface area contributed by atoms with Gasteiger partial charge in [0.05, 0.1) is 6.26 Å². The van der Waals surface area contributed by atoms with Crippen molar-refractivity contribution in [1.29, 1.82) is 0 Å². The summed E-state index contributed by atoms with van der Waals surface area (Å²) in [7, 11) is -3.17. The Morgan fingerprint density at radius 3 is 2.24 bits per heavy atom. The highest BCUT2D eigenvalue weighted by Gasteiger charge is 2.14. The SMILES string of the molecule is CS(=O)(=O)NCCNC(=O)N1CCCCCC1. The van der Waals surface area contributed by atoms with Gasteiger partial charge >= 0.3 is 6.03 Å². The van der Waals surface area contributed by atoms with Crippen LogP contribution in [0.2, 0.25) is 0 Å². The fourth-order valence-corrected chi connectivity index (χ4v) is 2.26. The predicted molar refractivity (Wildman–Crippen MR) is 66.3 cm³/mol. The molecule has 0 unspecified atom stereocenters. The summed E-state index contributed by atoms with van der Waals surface area (Å²) in [5.74, 6) is 0. The molecule has 0 aromatic rings.